The van der Waals surface area contributed by atoms with Crippen LogP contribution < -0.4 is 4.31 Å². The number of fused-ring (bicyclic) bond motifs is 1. The van der Waals surface area contributed by atoms with Crippen molar-refractivity contribution in [3.05, 3.63) is 29.8 Å². The van der Waals surface area contributed by atoms with Crippen LogP contribution in [0.4, 0.5) is 18.9 Å². The summed E-state index contributed by atoms with van der Waals surface area (Å²) in [5, 5.41) is 0. The molecule has 0 unspecified atom stereocenters. The van der Waals surface area contributed by atoms with E-state index < -0.39 is 15.5 Å². The lowest BCUT2D eigenvalue weighted by molar-refractivity contribution is -0.0438. The van der Waals surface area contributed by atoms with Crippen LogP contribution in [-0.4, -0.2) is 20.5 Å². The van der Waals surface area contributed by atoms with Gasteiger partial charge in [0.05, 0.1) is 5.69 Å². The maximum atomic E-state index is 12.5. The van der Waals surface area contributed by atoms with E-state index in [0.29, 0.717) is 22.7 Å². The van der Waals surface area contributed by atoms with Crippen molar-refractivity contribution in [3.63, 3.8) is 0 Å². The number of benzene rings is 1. The van der Waals surface area contributed by atoms with Crippen molar-refractivity contribution >= 4 is 15.7 Å². The van der Waals surface area contributed by atoms with Crippen LogP contribution in [-0.2, 0) is 16.4 Å². The summed E-state index contributed by atoms with van der Waals surface area (Å²) in [6, 6.07) is 6.26. The summed E-state index contributed by atoms with van der Waals surface area (Å²) in [6.45, 7) is -0.126. The number of rotatable bonds is 1. The highest BCUT2D eigenvalue weighted by atomic mass is 32.2. The van der Waals surface area contributed by atoms with Crippen molar-refractivity contribution in [2.75, 3.05) is 10.8 Å². The van der Waals surface area contributed by atoms with Gasteiger partial charge in [0.2, 0.25) is 0 Å². The summed E-state index contributed by atoms with van der Waals surface area (Å²) >= 11 is 0. The summed E-state index contributed by atoms with van der Waals surface area (Å²) in [7, 11) is -5.28. The number of hydrogen-bond donors (Lipinski definition) is 0. The molecule has 1 aliphatic rings. The Morgan fingerprint density at radius 1 is 1.18 bits per heavy atom. The Balaban J connectivity index is 2.51. The van der Waals surface area contributed by atoms with Crippen LogP contribution in [0.3, 0.4) is 0 Å². The minimum atomic E-state index is -5.28. The second kappa shape index (κ2) is 3.90. The highest BCUT2D eigenvalue weighted by Crippen LogP contribution is 2.35. The first-order valence-corrected chi connectivity index (χ1v) is 6.45. The van der Waals surface area contributed by atoms with E-state index in [9.17, 15) is 21.6 Å². The van der Waals surface area contributed by atoms with E-state index in [1.165, 1.54) is 12.1 Å². The molecule has 1 aliphatic heterocycles. The molecule has 17 heavy (non-hydrogen) atoms. The summed E-state index contributed by atoms with van der Waals surface area (Å²) < 4.78 is 60.6. The molecule has 0 saturated heterocycles. The second-order valence-corrected chi connectivity index (χ2v) is 5.61. The average Bonchev–Trinajstić information content (AvgIpc) is 2.26. The molecule has 0 amide bonds. The fraction of sp³-hybridized carbons (Fsp3) is 0.400. The molecule has 0 saturated carbocycles. The maximum Gasteiger partial charge on any atom is 0.516 e. The molecule has 0 aliphatic carbocycles. The fourth-order valence-electron chi connectivity index (χ4n) is 1.87. The third-order valence-electron chi connectivity index (χ3n) is 2.65. The molecule has 7 heteroatoms. The van der Waals surface area contributed by atoms with Crippen LogP contribution >= 0.6 is 0 Å². The van der Waals surface area contributed by atoms with Gasteiger partial charge in [0.1, 0.15) is 0 Å². The minimum Gasteiger partial charge on any atom is -0.262 e. The van der Waals surface area contributed by atoms with Gasteiger partial charge in [0.15, 0.2) is 0 Å². The standard InChI is InChI=1S/C10H10F3NO2S/c11-10(12,13)17(15,16)14-7-3-5-8-4-1-2-6-9(8)14/h1-2,4,6H,3,5,7H2. The van der Waals surface area contributed by atoms with Gasteiger partial charge in [0.25, 0.3) is 0 Å². The molecule has 0 fully saturated rings. The van der Waals surface area contributed by atoms with Crippen molar-refractivity contribution in [3.8, 4) is 0 Å². The van der Waals surface area contributed by atoms with Gasteiger partial charge < -0.3 is 0 Å². The molecule has 0 N–H and O–H groups in total. The summed E-state index contributed by atoms with van der Waals surface area (Å²) in [4.78, 5) is 0. The Hall–Kier alpha value is -1.24. The normalized spacial score (nSPS) is 16.8. The van der Waals surface area contributed by atoms with Crippen LogP contribution in [0.2, 0.25) is 0 Å². The zero-order valence-corrected chi connectivity index (χ0v) is 9.55. The molecule has 1 heterocycles. The molecule has 0 aromatic heterocycles. The molecule has 3 nitrogen and oxygen atoms in total. The van der Waals surface area contributed by atoms with Crippen LogP contribution in [0.15, 0.2) is 24.3 Å². The first kappa shape index (κ1) is 12.2. The molecule has 2 rings (SSSR count). The molecule has 1 aromatic carbocycles. The summed E-state index contributed by atoms with van der Waals surface area (Å²) in [6.07, 6.45) is 0.992. The number of hydrogen-bond acceptors (Lipinski definition) is 2. The van der Waals surface area contributed by atoms with E-state index in [2.05, 4.69) is 0 Å². The van der Waals surface area contributed by atoms with E-state index in [1.807, 2.05) is 0 Å². The summed E-state index contributed by atoms with van der Waals surface area (Å²) in [5.74, 6) is 0. The van der Waals surface area contributed by atoms with E-state index in [0.717, 1.165) is 0 Å². The van der Waals surface area contributed by atoms with Gasteiger partial charge >= 0.3 is 15.5 Å². The van der Waals surface area contributed by atoms with E-state index in [1.54, 1.807) is 12.1 Å². The molecule has 0 spiro atoms. The first-order valence-electron chi connectivity index (χ1n) is 5.01. The lowest BCUT2D eigenvalue weighted by Crippen LogP contribution is -2.43. The van der Waals surface area contributed by atoms with Crippen LogP contribution in [0.5, 0.6) is 0 Å². The summed E-state index contributed by atoms with van der Waals surface area (Å²) in [5.41, 5.74) is -4.49. The van der Waals surface area contributed by atoms with E-state index in [-0.39, 0.29) is 12.2 Å². The number of nitrogens with zero attached hydrogens (tertiary/aromatic N) is 1. The number of alkyl halides is 3. The molecule has 94 valence electrons. The van der Waals surface area contributed by atoms with Gasteiger partial charge in [-0.15, -0.1) is 0 Å². The molecule has 0 atom stereocenters. The largest absolute Gasteiger partial charge is 0.516 e. The van der Waals surface area contributed by atoms with Crippen molar-refractivity contribution in [2.45, 2.75) is 18.3 Å². The van der Waals surface area contributed by atoms with Gasteiger partial charge in [-0.3, -0.25) is 4.31 Å². The van der Waals surface area contributed by atoms with Gasteiger partial charge in [-0.05, 0) is 24.5 Å². The smallest absolute Gasteiger partial charge is 0.262 e. The highest BCUT2D eigenvalue weighted by Gasteiger charge is 2.50. The average molecular weight is 265 g/mol. The predicted molar refractivity (Wildman–Crippen MR) is 57.1 cm³/mol. The third kappa shape index (κ3) is 1.99. The van der Waals surface area contributed by atoms with Gasteiger partial charge in [-0.1, -0.05) is 18.2 Å². The second-order valence-electron chi connectivity index (χ2n) is 3.76. The molecular weight excluding hydrogens is 255 g/mol. The number of sulfonamides is 1. The van der Waals surface area contributed by atoms with Crippen molar-refractivity contribution in [1.82, 2.24) is 0 Å². The van der Waals surface area contributed by atoms with E-state index >= 15 is 0 Å². The van der Waals surface area contributed by atoms with Crippen molar-refractivity contribution < 1.29 is 21.6 Å². The van der Waals surface area contributed by atoms with Crippen LogP contribution in [0, 0.1) is 0 Å². The lowest BCUT2D eigenvalue weighted by Gasteiger charge is -2.30. The maximum absolute atomic E-state index is 12.5. The van der Waals surface area contributed by atoms with E-state index in [4.69, 9.17) is 0 Å². The number of para-hydroxylation sites is 1. The zero-order chi connectivity index (χ0) is 12.7. The Morgan fingerprint density at radius 2 is 1.82 bits per heavy atom. The first-order chi connectivity index (χ1) is 7.84. The third-order valence-corrected chi connectivity index (χ3v) is 4.19. The molecule has 0 bridgehead atoms. The van der Waals surface area contributed by atoms with Crippen molar-refractivity contribution in [1.29, 1.82) is 0 Å². The van der Waals surface area contributed by atoms with Crippen LogP contribution in [0.1, 0.15) is 12.0 Å². The fourth-order valence-corrected chi connectivity index (χ4v) is 2.93. The Bertz CT molecular complexity index is 525. The Morgan fingerprint density at radius 3 is 2.47 bits per heavy atom. The quantitative estimate of drug-likeness (QED) is 0.781. The lowest BCUT2D eigenvalue weighted by atomic mass is 10.0. The van der Waals surface area contributed by atoms with Gasteiger partial charge in [-0.25, -0.2) is 0 Å². The minimum absolute atomic E-state index is 0.126. The predicted octanol–water partition coefficient (Wildman–Crippen LogP) is 2.29. The van der Waals surface area contributed by atoms with Crippen molar-refractivity contribution in [2.24, 2.45) is 0 Å². The van der Waals surface area contributed by atoms with Gasteiger partial charge in [-0.2, -0.15) is 21.6 Å². The molecule has 0 radical (unpaired) electrons. The number of halogens is 3. The number of aryl methyl sites for hydroxylation is 1. The topological polar surface area (TPSA) is 37.4 Å². The van der Waals surface area contributed by atoms with Gasteiger partial charge in [0, 0.05) is 6.54 Å². The highest BCUT2D eigenvalue weighted by molar-refractivity contribution is 7.93. The Kier molecular flexibility index (Phi) is 2.81. The Labute approximate surface area is 96.9 Å². The molecular formula is C10H10F3NO2S. The zero-order valence-electron chi connectivity index (χ0n) is 8.74. The SMILES string of the molecule is O=S(=O)(N1CCCc2ccccc21)C(F)(F)F. The molecule has 1 aromatic rings. The monoisotopic (exact) mass is 265 g/mol. The number of anilines is 1. The van der Waals surface area contributed by atoms with Crippen LogP contribution in [0.25, 0.3) is 0 Å².